The lowest BCUT2D eigenvalue weighted by Crippen LogP contribution is -2.56. The van der Waals surface area contributed by atoms with Crippen LogP contribution in [0, 0.1) is 5.53 Å². The van der Waals surface area contributed by atoms with Gasteiger partial charge in [-0.05, 0) is 27.2 Å². The molecule has 0 bridgehead atoms. The second kappa shape index (κ2) is 6.81. The molecule has 1 fully saturated rings. The van der Waals surface area contributed by atoms with Crippen LogP contribution in [-0.2, 0) is 9.47 Å². The van der Waals surface area contributed by atoms with Crippen LogP contribution in [0.3, 0.4) is 0 Å². The van der Waals surface area contributed by atoms with Gasteiger partial charge in [0.25, 0.3) is 0 Å². The summed E-state index contributed by atoms with van der Waals surface area (Å²) < 4.78 is 10.7. The summed E-state index contributed by atoms with van der Waals surface area (Å²) in [5.41, 5.74) is 6.32. The first kappa shape index (κ1) is 15.8. The number of amides is 1. The molecule has 1 saturated heterocycles. The van der Waals surface area contributed by atoms with Crippen molar-refractivity contribution in [1.82, 2.24) is 10.2 Å². The predicted octanol–water partition coefficient (Wildman–Crippen LogP) is 1.59. The second-order valence-corrected chi connectivity index (χ2v) is 5.62. The minimum Gasteiger partial charge on any atom is -0.444 e. The average Bonchev–Trinajstić information content (AvgIpc) is 2.33. The summed E-state index contributed by atoms with van der Waals surface area (Å²) >= 11 is 0. The number of hydrogen-bond acceptors (Lipinski definition) is 6. The number of carbonyl (C=O) groups is 1. The van der Waals surface area contributed by atoms with Crippen LogP contribution >= 0.6 is 0 Å². The molecule has 1 aliphatic rings. The van der Waals surface area contributed by atoms with Gasteiger partial charge < -0.3 is 14.4 Å². The third-order valence-electron chi connectivity index (χ3n) is 2.94. The summed E-state index contributed by atoms with van der Waals surface area (Å²) in [4.78, 5) is 13.7. The van der Waals surface area contributed by atoms with Crippen molar-refractivity contribution in [2.75, 3.05) is 26.9 Å². The quantitative estimate of drug-likeness (QED) is 0.761. The van der Waals surface area contributed by atoms with Crippen molar-refractivity contribution in [3.8, 4) is 0 Å². The fourth-order valence-corrected chi connectivity index (χ4v) is 2.06. The lowest BCUT2D eigenvalue weighted by molar-refractivity contribution is -0.0118. The molecular formula is C12H24N4O3. The van der Waals surface area contributed by atoms with E-state index in [-0.39, 0.29) is 24.9 Å². The summed E-state index contributed by atoms with van der Waals surface area (Å²) in [7, 11) is 1.65. The van der Waals surface area contributed by atoms with Gasteiger partial charge in [-0.2, -0.15) is 5.11 Å². The lowest BCUT2D eigenvalue weighted by Gasteiger charge is -2.38. The van der Waals surface area contributed by atoms with Crippen molar-refractivity contribution in [2.45, 2.75) is 44.9 Å². The molecule has 7 heteroatoms. The molecule has 1 amide bonds. The van der Waals surface area contributed by atoms with Crippen molar-refractivity contribution < 1.29 is 14.3 Å². The highest BCUT2D eigenvalue weighted by atomic mass is 16.6. The maximum atomic E-state index is 12.0. The Morgan fingerprint density at radius 1 is 1.53 bits per heavy atom. The van der Waals surface area contributed by atoms with Crippen LogP contribution in [0.25, 0.3) is 0 Å². The molecule has 110 valence electrons. The molecule has 0 aromatic heterocycles. The highest BCUT2D eigenvalue weighted by molar-refractivity contribution is 5.68. The van der Waals surface area contributed by atoms with Crippen molar-refractivity contribution in [3.05, 3.63) is 0 Å². The summed E-state index contributed by atoms with van der Waals surface area (Å²) in [6.07, 6.45) is 0.461. The number of carbonyl (C=O) groups excluding carboxylic acids is 1. The normalized spacial score (nSPS) is 24.1. The van der Waals surface area contributed by atoms with E-state index >= 15 is 0 Å². The van der Waals surface area contributed by atoms with Gasteiger partial charge in [-0.1, -0.05) is 0 Å². The summed E-state index contributed by atoms with van der Waals surface area (Å²) in [6, 6.07) is -0.0274. The Hall–Kier alpha value is -1.21. The van der Waals surface area contributed by atoms with E-state index in [2.05, 4.69) is 10.4 Å². The molecule has 0 aliphatic carbocycles. The van der Waals surface area contributed by atoms with E-state index in [4.69, 9.17) is 15.0 Å². The van der Waals surface area contributed by atoms with Gasteiger partial charge >= 0.3 is 6.09 Å². The van der Waals surface area contributed by atoms with Gasteiger partial charge in [0.2, 0.25) is 0 Å². The van der Waals surface area contributed by atoms with Gasteiger partial charge in [0, 0.05) is 20.2 Å². The van der Waals surface area contributed by atoms with Gasteiger partial charge in [0.15, 0.2) is 0 Å². The Morgan fingerprint density at radius 3 is 2.74 bits per heavy atom. The molecule has 0 aromatic rings. The van der Waals surface area contributed by atoms with Crippen molar-refractivity contribution in [2.24, 2.45) is 5.11 Å². The number of ether oxygens (including phenoxy) is 2. The Labute approximate surface area is 114 Å². The molecule has 1 aliphatic heterocycles. The molecule has 0 spiro atoms. The highest BCUT2D eigenvalue weighted by Crippen LogP contribution is 2.17. The first-order chi connectivity index (χ1) is 8.87. The molecule has 2 atom stereocenters. The van der Waals surface area contributed by atoms with E-state index in [1.54, 1.807) is 12.0 Å². The number of nitrogens with zero attached hydrogens (tertiary/aromatic N) is 2. The minimum absolute atomic E-state index is 0.0274. The smallest absolute Gasteiger partial charge is 0.410 e. The fourth-order valence-electron chi connectivity index (χ4n) is 2.06. The van der Waals surface area contributed by atoms with E-state index < -0.39 is 5.60 Å². The fraction of sp³-hybridized carbons (Fsp3) is 0.917. The Kier molecular flexibility index (Phi) is 5.68. The van der Waals surface area contributed by atoms with Crippen LogP contribution in [0.2, 0.25) is 0 Å². The molecule has 0 radical (unpaired) electrons. The third kappa shape index (κ3) is 5.12. The summed E-state index contributed by atoms with van der Waals surface area (Å²) in [6.45, 7) is 6.89. The maximum Gasteiger partial charge on any atom is 0.410 e. The summed E-state index contributed by atoms with van der Waals surface area (Å²) in [5.74, 6) is 0. The monoisotopic (exact) mass is 272 g/mol. The van der Waals surface area contributed by atoms with E-state index in [1.807, 2.05) is 20.8 Å². The molecule has 2 N–H and O–H groups in total. The third-order valence-corrected chi connectivity index (χ3v) is 2.94. The zero-order valence-corrected chi connectivity index (χ0v) is 12.1. The first-order valence-corrected chi connectivity index (χ1v) is 6.44. The van der Waals surface area contributed by atoms with Gasteiger partial charge in [0.05, 0.1) is 12.1 Å². The van der Waals surface area contributed by atoms with Crippen LogP contribution in [0.1, 0.15) is 27.2 Å². The largest absolute Gasteiger partial charge is 0.444 e. The molecule has 1 rings (SSSR count). The molecule has 7 nitrogen and oxygen atoms in total. The van der Waals surface area contributed by atoms with Crippen LogP contribution < -0.4 is 5.32 Å². The molecule has 0 saturated carbocycles. The van der Waals surface area contributed by atoms with E-state index in [9.17, 15) is 4.79 Å². The Morgan fingerprint density at radius 2 is 2.21 bits per heavy atom. The van der Waals surface area contributed by atoms with Crippen LogP contribution in [0.5, 0.6) is 0 Å². The van der Waals surface area contributed by atoms with Gasteiger partial charge in [-0.15, -0.1) is 0 Å². The molecule has 1 heterocycles. The highest BCUT2D eigenvalue weighted by Gasteiger charge is 2.33. The van der Waals surface area contributed by atoms with Gasteiger partial charge in [-0.25, -0.2) is 10.3 Å². The van der Waals surface area contributed by atoms with Crippen LogP contribution in [0.4, 0.5) is 4.79 Å². The van der Waals surface area contributed by atoms with Crippen molar-refractivity contribution >= 4 is 6.09 Å². The maximum absolute atomic E-state index is 12.0. The SMILES string of the molecule is CO[C@@H]1CCN(C(=O)OC(C)(C)C)CC1NCN=N. The topological polar surface area (TPSA) is 87.0 Å². The zero-order valence-electron chi connectivity index (χ0n) is 12.1. The Balaban J connectivity index is 2.58. The van der Waals surface area contributed by atoms with E-state index in [1.165, 1.54) is 0 Å². The standard InChI is InChI=1S/C12H24N4O3/c1-12(2,3)19-11(17)16-6-5-10(18-4)9(7-16)14-8-15-13/h9-10,13-14H,5-8H2,1-4H3/t9?,10-/m1/s1. The predicted molar refractivity (Wildman–Crippen MR) is 70.2 cm³/mol. The van der Waals surface area contributed by atoms with Gasteiger partial charge in [-0.3, -0.25) is 5.32 Å². The number of piperidine rings is 1. The van der Waals surface area contributed by atoms with Crippen molar-refractivity contribution in [1.29, 1.82) is 5.53 Å². The molecule has 19 heavy (non-hydrogen) atoms. The van der Waals surface area contributed by atoms with E-state index in [0.29, 0.717) is 13.1 Å². The molecule has 0 aromatic carbocycles. The summed E-state index contributed by atoms with van der Waals surface area (Å²) in [5, 5.41) is 6.37. The Bertz CT molecular complexity index is 317. The van der Waals surface area contributed by atoms with Crippen molar-refractivity contribution in [3.63, 3.8) is 0 Å². The minimum atomic E-state index is -0.491. The van der Waals surface area contributed by atoms with E-state index in [0.717, 1.165) is 6.42 Å². The van der Waals surface area contributed by atoms with Crippen LogP contribution in [-0.4, -0.2) is 55.6 Å². The number of hydrogen-bond donors (Lipinski definition) is 2. The first-order valence-electron chi connectivity index (χ1n) is 6.44. The van der Waals surface area contributed by atoms with Crippen LogP contribution in [0.15, 0.2) is 5.11 Å². The lowest BCUT2D eigenvalue weighted by atomic mass is 10.0. The number of likely N-dealkylation sites (tertiary alicyclic amines) is 1. The molecular weight excluding hydrogens is 248 g/mol. The zero-order chi connectivity index (χ0) is 14.5. The second-order valence-electron chi connectivity index (χ2n) is 5.62. The number of methoxy groups -OCH3 is 1. The number of nitrogens with one attached hydrogen (secondary N) is 2. The average molecular weight is 272 g/mol. The molecule has 1 unspecified atom stereocenters. The number of rotatable bonds is 4. The van der Waals surface area contributed by atoms with Gasteiger partial charge in [0.1, 0.15) is 12.3 Å².